The van der Waals surface area contributed by atoms with Crippen LogP contribution < -0.4 is 88.2 Å². The fourth-order valence-electron chi connectivity index (χ4n) is 9.70. The number of rotatable bonds is 62. The summed E-state index contributed by atoms with van der Waals surface area (Å²) in [6.45, 7) is 4.30. The van der Waals surface area contributed by atoms with E-state index in [1.807, 2.05) is 82.6 Å². The average Bonchev–Trinajstić information content (AvgIpc) is 0.946. The van der Waals surface area contributed by atoms with Gasteiger partial charge in [0.25, 0.3) is 41.5 Å². The van der Waals surface area contributed by atoms with Gasteiger partial charge in [-0.1, -0.05) is 46.8 Å². The Bertz CT molecular complexity index is 3830. The molecule has 0 aliphatic heterocycles. The second kappa shape index (κ2) is 60.8. The van der Waals surface area contributed by atoms with Gasteiger partial charge in [0.05, 0.1) is 104 Å². The predicted molar refractivity (Wildman–Crippen MR) is 401 cm³/mol. The third-order valence-electron chi connectivity index (χ3n) is 15.3. The Morgan fingerprint density at radius 2 is 0.847 bits per heavy atom. The summed E-state index contributed by atoms with van der Waals surface area (Å²) in [4.78, 5) is 134. The summed E-state index contributed by atoms with van der Waals surface area (Å²) in [5, 5.41) is 35.7. The first-order valence-corrected chi connectivity index (χ1v) is 39.1. The predicted octanol–water partition coefficient (Wildman–Crippen LogP) is -3.12. The zero-order chi connectivity index (χ0) is 84.0. The maximum atomic E-state index is 12.2. The molecule has 42 nitrogen and oxygen atoms in total. The smallest absolute Gasteiger partial charge is 0.756 e. The molecule has 0 bridgehead atoms. The summed E-state index contributed by atoms with van der Waals surface area (Å²) >= 11 is 0. The molecule has 0 saturated heterocycles. The van der Waals surface area contributed by atoms with Crippen molar-refractivity contribution in [2.24, 2.45) is 0 Å². The van der Waals surface area contributed by atoms with Gasteiger partial charge in [0.15, 0.2) is 12.2 Å². The Morgan fingerprint density at radius 1 is 0.475 bits per heavy atom. The summed E-state index contributed by atoms with van der Waals surface area (Å²) in [6, 6.07) is 19.3. The Morgan fingerprint density at radius 3 is 1.20 bits per heavy atom. The number of aryl methyl sites for hydroxylation is 2. The first kappa shape index (κ1) is 104. The fourth-order valence-corrected chi connectivity index (χ4v) is 11.2. The van der Waals surface area contributed by atoms with Crippen LogP contribution in [0.3, 0.4) is 0 Å². The minimum absolute atomic E-state index is 0. The van der Waals surface area contributed by atoms with Gasteiger partial charge in [-0.05, 0) is 87.1 Å². The van der Waals surface area contributed by atoms with E-state index < -0.39 is 78.2 Å². The zero-order valence-electron chi connectivity index (χ0n) is 66.5. The Balaban J connectivity index is 0.000000600. The van der Waals surface area contributed by atoms with E-state index in [0.717, 1.165) is 33.9 Å². The molecule has 46 heteroatoms. The molecule has 4 aromatic heterocycles. The van der Waals surface area contributed by atoms with Crippen molar-refractivity contribution in [1.82, 2.24) is 49.9 Å². The number of carbonyl (C=O) groups excluding carboxylic acids is 8. The van der Waals surface area contributed by atoms with E-state index in [2.05, 4.69) is 77.6 Å². The van der Waals surface area contributed by atoms with E-state index >= 15 is 0 Å². The number of hydrogen-bond acceptors (Lipinski definition) is 40. The number of ether oxygens (including phenoxy) is 12. The normalized spacial score (nSPS) is 12.5. The van der Waals surface area contributed by atoms with Crippen molar-refractivity contribution in [3.8, 4) is 11.8 Å². The number of anilines is 2. The summed E-state index contributed by atoms with van der Waals surface area (Å²) in [5.74, 6) is 0.126. The van der Waals surface area contributed by atoms with Gasteiger partial charge in [-0.15, -0.1) is 10.2 Å². The van der Waals surface area contributed by atoms with Crippen LogP contribution in [0.15, 0.2) is 73.1 Å². The Hall–Kier alpha value is -8.62. The van der Waals surface area contributed by atoms with E-state index in [1.54, 1.807) is 62.0 Å². The number of benzene rings is 2. The molecule has 2 aromatic carbocycles. The summed E-state index contributed by atoms with van der Waals surface area (Å²) in [6.07, 6.45) is 9.43. The van der Waals surface area contributed by atoms with Gasteiger partial charge < -0.3 is 105 Å². The van der Waals surface area contributed by atoms with Gasteiger partial charge in [0.1, 0.15) is 62.7 Å². The summed E-state index contributed by atoms with van der Waals surface area (Å²) < 4.78 is 105. The van der Waals surface area contributed by atoms with Crippen LogP contribution in [0.5, 0.6) is 11.8 Å². The molecule has 6 aromatic rings. The number of esters is 4. The van der Waals surface area contributed by atoms with Crippen LogP contribution in [0.1, 0.15) is 96.9 Å². The molecule has 0 spiro atoms. The van der Waals surface area contributed by atoms with Crippen molar-refractivity contribution in [3.63, 3.8) is 0 Å². The van der Waals surface area contributed by atoms with Crippen LogP contribution in [-0.2, 0) is 139 Å². The molecule has 636 valence electrons. The number of aliphatic hydroxyl groups excluding tert-OH is 2. The summed E-state index contributed by atoms with van der Waals surface area (Å²) in [5.41, 5.74) is 6.21. The number of phosphoric acid groups is 2. The second-order valence-corrected chi connectivity index (χ2v) is 26.9. The molecule has 118 heavy (non-hydrogen) atoms. The standard InChI is InChI=1S/2C36H49N6O15P.2Na/c2*1-28-37-30(21-34(38-28)50-2)10-7-29-8-11-32(12-9-29)41(15-16-43)13-14-42-22-31(39-40-42)23-54-36(47)5-3-17-51-19-20-53-35(46)6-4-18-56-58(48,49)57-25-33(55-27-45)24-52-26-44;;/h2*7-12,21-22,26-27,33,43H,3-6,13-20,23-25H2,1-2H3,(H,48,49);;/q;;2*+1/p-2/b2*10-7+;;. The first-order chi connectivity index (χ1) is 56.1. The van der Waals surface area contributed by atoms with E-state index in [-0.39, 0.29) is 203 Å². The fraction of sp³-hybridized carbons (Fsp3) is 0.500. The Labute approximate surface area is 724 Å². The quantitative estimate of drug-likeness (QED) is 0.00952. The largest absolute Gasteiger partial charge is 1.00 e. The van der Waals surface area contributed by atoms with Gasteiger partial charge >= 0.3 is 83.0 Å². The minimum atomic E-state index is -4.77. The Kier molecular flexibility index (Phi) is 53.4. The SMILES string of the molecule is COc1cc(/C=C/c2ccc(N(CCO)CCn3cc(COC(=O)CCCOCCOC(=O)CCCOP(=O)([O-])OCC(COC=O)OC=O)nn3)cc2)nc(C)n1.COc1cc(/C=C/c2ccc(N(CCO)CCn3cc(COC(=O)CCCOCCOC(=O)CCCOP(=O)([O-])OCC(COC=O)OC=O)nn3)cc2)nc(C)n1.[Na+].[Na+]. The molecule has 4 atom stereocenters. The van der Waals surface area contributed by atoms with E-state index in [9.17, 15) is 67.5 Å². The molecule has 6 rings (SSSR count). The van der Waals surface area contributed by atoms with E-state index in [1.165, 1.54) is 0 Å². The average molecular weight is 1720 g/mol. The molecule has 4 unspecified atom stereocenters. The number of hydrogen-bond donors (Lipinski definition) is 2. The molecule has 2 N–H and O–H groups in total. The van der Waals surface area contributed by atoms with Crippen molar-refractivity contribution in [3.05, 3.63) is 119 Å². The second-order valence-electron chi connectivity index (χ2n) is 24.1. The van der Waals surface area contributed by atoms with Gasteiger partial charge in [-0.3, -0.25) is 56.8 Å². The number of aromatic nitrogens is 10. The van der Waals surface area contributed by atoms with Crippen molar-refractivity contribution < 1.29 is 202 Å². The monoisotopic (exact) mass is 1720 g/mol. The van der Waals surface area contributed by atoms with Gasteiger partial charge in [0, 0.05) is 88.6 Å². The van der Waals surface area contributed by atoms with Crippen molar-refractivity contribution in [1.29, 1.82) is 0 Å². The van der Waals surface area contributed by atoms with Crippen LogP contribution in [0.2, 0.25) is 0 Å². The van der Waals surface area contributed by atoms with Crippen LogP contribution in [0.25, 0.3) is 24.3 Å². The number of aliphatic hydroxyl groups is 2. The van der Waals surface area contributed by atoms with Crippen LogP contribution in [-0.4, -0.2) is 255 Å². The topological polar surface area (TPSA) is 524 Å². The third-order valence-corrected chi connectivity index (χ3v) is 17.2. The molecule has 0 aliphatic carbocycles. The van der Waals surface area contributed by atoms with E-state index in [4.69, 9.17) is 37.9 Å². The van der Waals surface area contributed by atoms with Crippen molar-refractivity contribution in [2.75, 3.05) is 143 Å². The maximum Gasteiger partial charge on any atom is 1.00 e. The molecule has 4 heterocycles. The maximum absolute atomic E-state index is 12.2. The minimum Gasteiger partial charge on any atom is -0.756 e. The molecule has 0 aliphatic rings. The molecule has 0 amide bonds. The van der Waals surface area contributed by atoms with Crippen LogP contribution in [0, 0.1) is 13.8 Å². The number of nitrogens with zero attached hydrogens (tertiary/aromatic N) is 12. The third kappa shape index (κ3) is 45.5. The first-order valence-electron chi connectivity index (χ1n) is 36.2. The van der Waals surface area contributed by atoms with Crippen LogP contribution >= 0.6 is 15.6 Å². The summed E-state index contributed by atoms with van der Waals surface area (Å²) in [7, 11) is -6.42. The number of carbonyl (C=O) groups is 8. The molecule has 0 radical (unpaired) electrons. The number of phosphoric ester groups is 2. The molecular formula is C72H96N12Na2O30P2. The van der Waals surface area contributed by atoms with Crippen molar-refractivity contribution >= 4 is 101 Å². The number of methoxy groups -OCH3 is 2. The van der Waals surface area contributed by atoms with Crippen molar-refractivity contribution in [2.45, 2.75) is 104 Å². The molecular weight excluding hydrogens is 1620 g/mol. The van der Waals surface area contributed by atoms with Gasteiger partial charge in [0.2, 0.25) is 11.8 Å². The van der Waals surface area contributed by atoms with E-state index in [0.29, 0.717) is 86.9 Å². The molecule has 0 saturated carbocycles. The van der Waals surface area contributed by atoms with Gasteiger partial charge in [-0.2, -0.15) is 9.97 Å². The zero-order valence-corrected chi connectivity index (χ0v) is 72.3. The molecule has 0 fully saturated rings. The van der Waals surface area contributed by atoms with Crippen LogP contribution in [0.4, 0.5) is 11.4 Å². The van der Waals surface area contributed by atoms with Gasteiger partial charge in [-0.25, -0.2) is 9.97 Å².